The first-order valence-corrected chi connectivity index (χ1v) is 7.53. The summed E-state index contributed by atoms with van der Waals surface area (Å²) in [4.78, 5) is 0. The van der Waals surface area contributed by atoms with Gasteiger partial charge in [-0.25, -0.2) is 0 Å². The molecule has 1 atom stereocenters. The monoisotopic (exact) mass is 283 g/mol. The van der Waals surface area contributed by atoms with Crippen LogP contribution in [0, 0.1) is 0 Å². The molecule has 3 rings (SSSR count). The Kier molecular flexibility index (Phi) is 4.41. The lowest BCUT2D eigenvalue weighted by atomic mass is 10.0. The molecule has 3 heteroatoms. The Balaban J connectivity index is 1.66. The van der Waals surface area contributed by atoms with Gasteiger partial charge in [-0.3, -0.25) is 0 Å². The van der Waals surface area contributed by atoms with E-state index in [4.69, 9.17) is 9.47 Å². The van der Waals surface area contributed by atoms with Crippen molar-refractivity contribution in [3.63, 3.8) is 0 Å². The highest BCUT2D eigenvalue weighted by atomic mass is 16.6. The molecule has 1 aliphatic rings. The van der Waals surface area contributed by atoms with Gasteiger partial charge >= 0.3 is 0 Å². The van der Waals surface area contributed by atoms with Crippen molar-refractivity contribution in [1.82, 2.24) is 5.32 Å². The summed E-state index contributed by atoms with van der Waals surface area (Å²) >= 11 is 0. The molecule has 110 valence electrons. The summed E-state index contributed by atoms with van der Waals surface area (Å²) in [7, 11) is 0. The van der Waals surface area contributed by atoms with Crippen molar-refractivity contribution in [3.8, 4) is 11.5 Å². The maximum Gasteiger partial charge on any atom is 0.161 e. The largest absolute Gasteiger partial charge is 0.486 e. The maximum atomic E-state index is 5.63. The lowest BCUT2D eigenvalue weighted by molar-refractivity contribution is 0.171. The minimum absolute atomic E-state index is 0.374. The quantitative estimate of drug-likeness (QED) is 0.907. The molecule has 0 amide bonds. The van der Waals surface area contributed by atoms with Gasteiger partial charge in [0.15, 0.2) is 11.5 Å². The molecular weight excluding hydrogens is 262 g/mol. The first-order valence-electron chi connectivity index (χ1n) is 7.53. The third-order valence-electron chi connectivity index (χ3n) is 3.77. The summed E-state index contributed by atoms with van der Waals surface area (Å²) in [5, 5.41) is 3.61. The molecule has 1 heterocycles. The highest BCUT2D eigenvalue weighted by molar-refractivity contribution is 5.43. The molecule has 0 saturated carbocycles. The van der Waals surface area contributed by atoms with E-state index in [0.717, 1.165) is 24.5 Å². The molecule has 2 aromatic carbocycles. The lowest BCUT2D eigenvalue weighted by Crippen LogP contribution is -2.20. The van der Waals surface area contributed by atoms with Crippen LogP contribution in [-0.4, -0.2) is 13.2 Å². The zero-order chi connectivity index (χ0) is 14.5. The fourth-order valence-corrected chi connectivity index (χ4v) is 2.62. The molecule has 3 nitrogen and oxygen atoms in total. The topological polar surface area (TPSA) is 30.5 Å². The minimum Gasteiger partial charge on any atom is -0.486 e. The minimum atomic E-state index is 0.374. The Morgan fingerprint density at radius 1 is 1.00 bits per heavy atom. The second-order valence-electron chi connectivity index (χ2n) is 5.23. The van der Waals surface area contributed by atoms with Crippen molar-refractivity contribution in [2.75, 3.05) is 13.2 Å². The molecule has 0 radical (unpaired) electrons. The SMILES string of the molecule is CCC(NCc1ccc2c(c1)OCCO2)c1ccccc1. The Bertz CT molecular complexity index is 583. The van der Waals surface area contributed by atoms with Gasteiger partial charge in [-0.1, -0.05) is 43.3 Å². The summed E-state index contributed by atoms with van der Waals surface area (Å²) in [5.41, 5.74) is 2.55. The van der Waals surface area contributed by atoms with E-state index in [1.807, 2.05) is 6.07 Å². The molecule has 2 aromatic rings. The van der Waals surface area contributed by atoms with E-state index in [1.54, 1.807) is 0 Å². The Hall–Kier alpha value is -2.00. The van der Waals surface area contributed by atoms with Crippen LogP contribution in [0.25, 0.3) is 0 Å². The Labute approximate surface area is 125 Å². The van der Waals surface area contributed by atoms with Crippen LogP contribution in [0.1, 0.15) is 30.5 Å². The number of hydrogen-bond acceptors (Lipinski definition) is 3. The fraction of sp³-hybridized carbons (Fsp3) is 0.333. The summed E-state index contributed by atoms with van der Waals surface area (Å²) < 4.78 is 11.2. The molecule has 0 spiro atoms. The number of ether oxygens (including phenoxy) is 2. The first kappa shape index (κ1) is 14.0. The number of benzene rings is 2. The average molecular weight is 283 g/mol. The summed E-state index contributed by atoms with van der Waals surface area (Å²) in [5.74, 6) is 1.70. The van der Waals surface area contributed by atoms with E-state index in [9.17, 15) is 0 Å². The first-order chi connectivity index (χ1) is 10.4. The van der Waals surface area contributed by atoms with Gasteiger partial charge in [-0.05, 0) is 29.7 Å². The Morgan fingerprint density at radius 2 is 1.76 bits per heavy atom. The molecule has 0 saturated heterocycles. The van der Waals surface area contributed by atoms with Crippen LogP contribution in [0.2, 0.25) is 0 Å². The van der Waals surface area contributed by atoms with E-state index in [2.05, 4.69) is 54.7 Å². The second kappa shape index (κ2) is 6.64. The Morgan fingerprint density at radius 3 is 2.52 bits per heavy atom. The molecule has 0 fully saturated rings. The van der Waals surface area contributed by atoms with E-state index < -0.39 is 0 Å². The molecule has 1 unspecified atom stereocenters. The fourth-order valence-electron chi connectivity index (χ4n) is 2.62. The van der Waals surface area contributed by atoms with Crippen LogP contribution in [0.3, 0.4) is 0 Å². The maximum absolute atomic E-state index is 5.63. The van der Waals surface area contributed by atoms with Gasteiger partial charge in [-0.2, -0.15) is 0 Å². The standard InChI is InChI=1S/C18H21NO2/c1-2-16(15-6-4-3-5-7-15)19-13-14-8-9-17-18(12-14)21-11-10-20-17/h3-9,12,16,19H,2,10-11,13H2,1H3. The van der Waals surface area contributed by atoms with E-state index in [-0.39, 0.29) is 0 Å². The van der Waals surface area contributed by atoms with Crippen molar-refractivity contribution >= 4 is 0 Å². The predicted molar refractivity (Wildman–Crippen MR) is 83.7 cm³/mol. The average Bonchev–Trinajstić information content (AvgIpc) is 2.56. The van der Waals surface area contributed by atoms with Gasteiger partial charge in [-0.15, -0.1) is 0 Å². The molecule has 21 heavy (non-hydrogen) atoms. The number of fused-ring (bicyclic) bond motifs is 1. The highest BCUT2D eigenvalue weighted by Gasteiger charge is 2.13. The summed E-state index contributed by atoms with van der Waals surface area (Å²) in [6.07, 6.45) is 1.06. The predicted octanol–water partition coefficient (Wildman–Crippen LogP) is 3.70. The van der Waals surface area contributed by atoms with Gasteiger partial charge in [0.05, 0.1) is 0 Å². The van der Waals surface area contributed by atoms with E-state index in [1.165, 1.54) is 11.1 Å². The summed E-state index contributed by atoms with van der Waals surface area (Å²) in [6, 6.07) is 17.1. The number of nitrogens with one attached hydrogen (secondary N) is 1. The van der Waals surface area contributed by atoms with Crippen molar-refractivity contribution in [1.29, 1.82) is 0 Å². The number of rotatable bonds is 5. The molecule has 0 aliphatic carbocycles. The van der Waals surface area contributed by atoms with Gasteiger partial charge in [0, 0.05) is 12.6 Å². The van der Waals surface area contributed by atoms with Gasteiger partial charge in [0.25, 0.3) is 0 Å². The van der Waals surface area contributed by atoms with Gasteiger partial charge in [0.1, 0.15) is 13.2 Å². The molecule has 1 aliphatic heterocycles. The molecule has 1 N–H and O–H groups in total. The van der Waals surface area contributed by atoms with Crippen molar-refractivity contribution in [2.24, 2.45) is 0 Å². The van der Waals surface area contributed by atoms with Crippen molar-refractivity contribution in [2.45, 2.75) is 25.9 Å². The molecule has 0 aromatic heterocycles. The van der Waals surface area contributed by atoms with Crippen molar-refractivity contribution < 1.29 is 9.47 Å². The van der Waals surface area contributed by atoms with E-state index in [0.29, 0.717) is 19.3 Å². The smallest absolute Gasteiger partial charge is 0.161 e. The zero-order valence-electron chi connectivity index (χ0n) is 12.3. The van der Waals surface area contributed by atoms with Crippen LogP contribution in [-0.2, 0) is 6.54 Å². The van der Waals surface area contributed by atoms with E-state index >= 15 is 0 Å². The lowest BCUT2D eigenvalue weighted by Gasteiger charge is -2.20. The third-order valence-corrected chi connectivity index (χ3v) is 3.77. The highest BCUT2D eigenvalue weighted by Crippen LogP contribution is 2.31. The third kappa shape index (κ3) is 3.37. The van der Waals surface area contributed by atoms with Crippen LogP contribution >= 0.6 is 0 Å². The van der Waals surface area contributed by atoms with Gasteiger partial charge in [0.2, 0.25) is 0 Å². The van der Waals surface area contributed by atoms with Crippen LogP contribution in [0.4, 0.5) is 0 Å². The molecular formula is C18H21NO2. The number of hydrogen-bond donors (Lipinski definition) is 1. The normalized spacial score (nSPS) is 14.7. The summed E-state index contributed by atoms with van der Waals surface area (Å²) in [6.45, 7) is 4.29. The van der Waals surface area contributed by atoms with Crippen molar-refractivity contribution in [3.05, 3.63) is 59.7 Å². The van der Waals surface area contributed by atoms with Gasteiger partial charge < -0.3 is 14.8 Å². The zero-order valence-corrected chi connectivity index (χ0v) is 12.3. The van der Waals surface area contributed by atoms with Crippen LogP contribution in [0.5, 0.6) is 11.5 Å². The van der Waals surface area contributed by atoms with Crippen LogP contribution in [0.15, 0.2) is 48.5 Å². The molecule has 0 bridgehead atoms. The van der Waals surface area contributed by atoms with Crippen LogP contribution < -0.4 is 14.8 Å². The second-order valence-corrected chi connectivity index (χ2v) is 5.23.